The number of piperidine rings is 3. The van der Waals surface area contributed by atoms with Gasteiger partial charge in [0.2, 0.25) is 0 Å². The lowest BCUT2D eigenvalue weighted by molar-refractivity contribution is 0.00496. The lowest BCUT2D eigenvalue weighted by Crippen LogP contribution is -2.57. The number of likely N-dealkylation sites (tertiary alicyclic amines) is 1. The van der Waals surface area contributed by atoms with Crippen LogP contribution in [0.3, 0.4) is 0 Å². The summed E-state index contributed by atoms with van der Waals surface area (Å²) < 4.78 is 0. The molecule has 3 heteroatoms. The number of hydrogen-bond acceptors (Lipinski definition) is 3. The van der Waals surface area contributed by atoms with Crippen molar-refractivity contribution in [3.63, 3.8) is 0 Å². The highest BCUT2D eigenvalue weighted by molar-refractivity contribution is 4.95. The molecule has 0 aromatic heterocycles. The van der Waals surface area contributed by atoms with Gasteiger partial charge in [0, 0.05) is 24.7 Å². The van der Waals surface area contributed by atoms with E-state index in [0.29, 0.717) is 0 Å². The van der Waals surface area contributed by atoms with E-state index in [2.05, 4.69) is 29.1 Å². The summed E-state index contributed by atoms with van der Waals surface area (Å²) in [7, 11) is 2.15. The fourth-order valence-corrected chi connectivity index (χ4v) is 4.80. The molecule has 3 rings (SSSR count). The minimum absolute atomic E-state index is 0.781. The normalized spacial score (nSPS) is 37.2. The maximum atomic E-state index is 3.54. The van der Waals surface area contributed by atoms with Crippen LogP contribution < -0.4 is 5.32 Å². The van der Waals surface area contributed by atoms with Crippen molar-refractivity contribution in [2.45, 2.75) is 70.0 Å². The molecular weight excluding hydrogens is 246 g/mol. The van der Waals surface area contributed by atoms with Crippen molar-refractivity contribution >= 4 is 0 Å². The largest absolute Gasteiger partial charge is 0.317 e. The van der Waals surface area contributed by atoms with E-state index in [1.54, 1.807) is 0 Å². The summed E-state index contributed by atoms with van der Waals surface area (Å²) in [6.45, 7) is 7.61. The summed E-state index contributed by atoms with van der Waals surface area (Å²) in [4.78, 5) is 5.54. The van der Waals surface area contributed by atoms with E-state index < -0.39 is 0 Å². The van der Waals surface area contributed by atoms with E-state index >= 15 is 0 Å². The summed E-state index contributed by atoms with van der Waals surface area (Å²) in [6.07, 6.45) is 10.0. The number of nitrogens with zero attached hydrogens (tertiary/aromatic N) is 2. The molecule has 3 saturated heterocycles. The van der Waals surface area contributed by atoms with Gasteiger partial charge in [-0.05, 0) is 71.1 Å². The Morgan fingerprint density at radius 3 is 2.20 bits per heavy atom. The van der Waals surface area contributed by atoms with Crippen molar-refractivity contribution in [3.8, 4) is 0 Å². The lowest BCUT2D eigenvalue weighted by Gasteiger charge is -2.50. The molecule has 2 bridgehead atoms. The summed E-state index contributed by atoms with van der Waals surface area (Å²) in [5.41, 5.74) is 0. The van der Waals surface area contributed by atoms with E-state index in [1.807, 2.05) is 0 Å². The van der Waals surface area contributed by atoms with Crippen LogP contribution in [-0.4, -0.2) is 61.2 Å². The van der Waals surface area contributed by atoms with Gasteiger partial charge in [0.25, 0.3) is 0 Å². The molecule has 0 amide bonds. The van der Waals surface area contributed by atoms with Crippen LogP contribution in [0.15, 0.2) is 0 Å². The quantitative estimate of drug-likeness (QED) is 0.852. The van der Waals surface area contributed by atoms with Gasteiger partial charge in [0.15, 0.2) is 0 Å². The first-order valence-corrected chi connectivity index (χ1v) is 8.95. The predicted molar refractivity (Wildman–Crippen MR) is 85.1 cm³/mol. The highest BCUT2D eigenvalue weighted by atomic mass is 15.2. The van der Waals surface area contributed by atoms with Crippen LogP contribution >= 0.6 is 0 Å². The first-order valence-electron chi connectivity index (χ1n) is 8.95. The van der Waals surface area contributed by atoms with Crippen LogP contribution in [0.25, 0.3) is 0 Å². The molecule has 0 spiro atoms. The Morgan fingerprint density at radius 2 is 1.65 bits per heavy atom. The summed E-state index contributed by atoms with van der Waals surface area (Å²) in [6, 6.07) is 2.54. The minimum Gasteiger partial charge on any atom is -0.317 e. The fourth-order valence-electron chi connectivity index (χ4n) is 4.80. The third kappa shape index (κ3) is 3.20. The van der Waals surface area contributed by atoms with Gasteiger partial charge in [0.1, 0.15) is 0 Å². The second kappa shape index (κ2) is 6.76. The van der Waals surface area contributed by atoms with E-state index in [-0.39, 0.29) is 0 Å². The smallest absolute Gasteiger partial charge is 0.0113 e. The Balaban J connectivity index is 1.55. The summed E-state index contributed by atoms with van der Waals surface area (Å²) >= 11 is 0. The molecule has 0 aromatic rings. The van der Waals surface area contributed by atoms with Gasteiger partial charge in [-0.2, -0.15) is 0 Å². The zero-order chi connectivity index (χ0) is 13.9. The fraction of sp³-hybridized carbons (Fsp3) is 1.00. The van der Waals surface area contributed by atoms with E-state index in [1.165, 1.54) is 71.1 Å². The average Bonchev–Trinajstić information content (AvgIpc) is 2.47. The van der Waals surface area contributed by atoms with Gasteiger partial charge in [0.05, 0.1) is 0 Å². The molecule has 0 radical (unpaired) electrons. The Labute approximate surface area is 125 Å². The Bertz CT molecular complexity index is 285. The third-order valence-electron chi connectivity index (χ3n) is 6.16. The number of nitrogens with one attached hydrogen (secondary N) is 1. The number of rotatable bonds is 4. The van der Waals surface area contributed by atoms with Crippen molar-refractivity contribution in [2.75, 3.05) is 33.2 Å². The summed E-state index contributed by atoms with van der Waals surface area (Å²) in [5, 5.41) is 3.54. The SMILES string of the molecule is CCN1CCC(CN2C3CCCC2CC(NC)C3)CC1. The average molecular weight is 279 g/mol. The number of hydrogen-bond donors (Lipinski definition) is 1. The first kappa shape index (κ1) is 14.8. The molecule has 1 N–H and O–H groups in total. The third-order valence-corrected chi connectivity index (χ3v) is 6.16. The van der Waals surface area contributed by atoms with Crippen LogP contribution in [0.5, 0.6) is 0 Å². The van der Waals surface area contributed by atoms with Gasteiger partial charge in [-0.1, -0.05) is 13.3 Å². The molecular formula is C17H33N3. The second-order valence-electron chi connectivity index (χ2n) is 7.27. The maximum absolute atomic E-state index is 3.54. The Kier molecular flexibility index (Phi) is 5.00. The van der Waals surface area contributed by atoms with Crippen molar-refractivity contribution < 1.29 is 0 Å². The van der Waals surface area contributed by atoms with Crippen LogP contribution in [0.2, 0.25) is 0 Å². The van der Waals surface area contributed by atoms with Crippen molar-refractivity contribution in [3.05, 3.63) is 0 Å². The van der Waals surface area contributed by atoms with Gasteiger partial charge >= 0.3 is 0 Å². The molecule has 3 nitrogen and oxygen atoms in total. The zero-order valence-corrected chi connectivity index (χ0v) is 13.5. The molecule has 3 aliphatic rings. The van der Waals surface area contributed by atoms with Crippen LogP contribution in [0, 0.1) is 5.92 Å². The van der Waals surface area contributed by atoms with Gasteiger partial charge < -0.3 is 10.2 Å². The van der Waals surface area contributed by atoms with Gasteiger partial charge in [-0.25, -0.2) is 0 Å². The van der Waals surface area contributed by atoms with Crippen molar-refractivity contribution in [1.29, 1.82) is 0 Å². The molecule has 0 aromatic carbocycles. The Morgan fingerprint density at radius 1 is 1.00 bits per heavy atom. The van der Waals surface area contributed by atoms with Crippen molar-refractivity contribution in [1.82, 2.24) is 15.1 Å². The predicted octanol–water partition coefficient (Wildman–Crippen LogP) is 2.32. The highest BCUT2D eigenvalue weighted by Crippen LogP contribution is 2.35. The molecule has 3 aliphatic heterocycles. The summed E-state index contributed by atoms with van der Waals surface area (Å²) in [5.74, 6) is 0.965. The molecule has 0 saturated carbocycles. The van der Waals surface area contributed by atoms with Crippen LogP contribution in [0.1, 0.15) is 51.9 Å². The molecule has 116 valence electrons. The zero-order valence-electron chi connectivity index (χ0n) is 13.5. The van der Waals surface area contributed by atoms with Crippen LogP contribution in [-0.2, 0) is 0 Å². The minimum atomic E-state index is 0.781. The Hall–Kier alpha value is -0.120. The molecule has 3 fully saturated rings. The standard InChI is InChI=1S/C17H33N3/c1-3-19-9-7-14(8-10-19)13-20-16-5-4-6-17(20)12-15(11-16)18-2/h14-18H,3-13H2,1-2H3. The van der Waals surface area contributed by atoms with E-state index in [4.69, 9.17) is 0 Å². The maximum Gasteiger partial charge on any atom is 0.0113 e. The monoisotopic (exact) mass is 279 g/mol. The van der Waals surface area contributed by atoms with Crippen LogP contribution in [0.4, 0.5) is 0 Å². The molecule has 3 heterocycles. The molecule has 2 unspecified atom stereocenters. The topological polar surface area (TPSA) is 18.5 Å². The van der Waals surface area contributed by atoms with Gasteiger partial charge in [-0.3, -0.25) is 4.90 Å². The molecule has 0 aliphatic carbocycles. The van der Waals surface area contributed by atoms with E-state index in [0.717, 1.165) is 24.0 Å². The first-order chi connectivity index (χ1) is 9.80. The highest BCUT2D eigenvalue weighted by Gasteiger charge is 2.38. The van der Waals surface area contributed by atoms with Gasteiger partial charge in [-0.15, -0.1) is 0 Å². The number of fused-ring (bicyclic) bond motifs is 2. The van der Waals surface area contributed by atoms with Crippen molar-refractivity contribution in [2.24, 2.45) is 5.92 Å². The molecule has 20 heavy (non-hydrogen) atoms. The second-order valence-corrected chi connectivity index (χ2v) is 7.27. The molecule has 2 atom stereocenters. The lowest BCUT2D eigenvalue weighted by atomic mass is 9.80. The van der Waals surface area contributed by atoms with E-state index in [9.17, 15) is 0 Å².